The molecule has 2 unspecified atom stereocenters. The predicted octanol–water partition coefficient (Wildman–Crippen LogP) is 4.27. The molecule has 2 heterocycles. The van der Waals surface area contributed by atoms with Gasteiger partial charge in [0.05, 0.1) is 23.6 Å². The van der Waals surface area contributed by atoms with Gasteiger partial charge in [0, 0.05) is 37.7 Å². The minimum atomic E-state index is -4.90. The standard InChI is InChI=1S/C26H31ClF3N3O6S/c27-20-7-9-23(10-8-20)40(36,37)33-21(18-38-25(35)32-13-11-31(12-14-32)15-16-34)4-2-6-24(33)19-3-1-5-22(17-19)39-26(28,29)30/h1,3,5,7-10,17,21,24,34H,2,4,6,11-16,18H2. The maximum Gasteiger partial charge on any atom is 0.573 e. The fourth-order valence-corrected chi connectivity index (χ4v) is 7.06. The zero-order valence-corrected chi connectivity index (χ0v) is 23.2. The van der Waals surface area contributed by atoms with Crippen LogP contribution >= 0.6 is 11.6 Å². The van der Waals surface area contributed by atoms with E-state index in [1.807, 2.05) is 4.90 Å². The number of hydrogen-bond donors (Lipinski definition) is 1. The summed E-state index contributed by atoms with van der Waals surface area (Å²) in [5.74, 6) is -0.456. The fraction of sp³-hybridized carbons (Fsp3) is 0.500. The summed E-state index contributed by atoms with van der Waals surface area (Å²) in [6.07, 6.45) is -4.18. The van der Waals surface area contributed by atoms with Crippen molar-refractivity contribution in [1.29, 1.82) is 0 Å². The molecule has 0 spiro atoms. The second-order valence-electron chi connectivity index (χ2n) is 9.64. The second kappa shape index (κ2) is 12.9. The van der Waals surface area contributed by atoms with Crippen LogP contribution in [-0.4, -0.2) is 92.1 Å². The van der Waals surface area contributed by atoms with Gasteiger partial charge in [0.1, 0.15) is 12.4 Å². The molecule has 40 heavy (non-hydrogen) atoms. The lowest BCUT2D eigenvalue weighted by Crippen LogP contribution is -2.51. The molecule has 220 valence electrons. The fourth-order valence-electron chi connectivity index (χ4n) is 5.09. The summed E-state index contributed by atoms with van der Waals surface area (Å²) < 4.78 is 77.4. The van der Waals surface area contributed by atoms with Crippen LogP contribution in [0.2, 0.25) is 5.02 Å². The summed E-state index contributed by atoms with van der Waals surface area (Å²) >= 11 is 5.96. The van der Waals surface area contributed by atoms with Gasteiger partial charge in [-0.25, -0.2) is 13.2 Å². The zero-order chi connectivity index (χ0) is 28.9. The molecular formula is C26H31ClF3N3O6S. The normalized spacial score (nSPS) is 21.3. The van der Waals surface area contributed by atoms with Crippen molar-refractivity contribution < 1.29 is 41.0 Å². The molecule has 1 N–H and O–H groups in total. The van der Waals surface area contributed by atoms with Gasteiger partial charge >= 0.3 is 12.5 Å². The maximum atomic E-state index is 13.9. The Labute approximate surface area is 236 Å². The summed E-state index contributed by atoms with van der Waals surface area (Å²) in [7, 11) is -4.18. The number of hydrogen-bond acceptors (Lipinski definition) is 7. The molecule has 0 bridgehead atoms. The Morgan fingerprint density at radius 2 is 1.75 bits per heavy atom. The number of alkyl halides is 3. The zero-order valence-electron chi connectivity index (χ0n) is 21.6. The monoisotopic (exact) mass is 605 g/mol. The number of sulfonamides is 1. The summed E-state index contributed by atoms with van der Waals surface area (Å²) in [6.45, 7) is 2.28. The number of piperidine rings is 1. The lowest BCUT2D eigenvalue weighted by Gasteiger charge is -2.41. The summed E-state index contributed by atoms with van der Waals surface area (Å²) in [6, 6.07) is 9.29. The Bertz CT molecular complexity index is 1260. The van der Waals surface area contributed by atoms with Gasteiger partial charge in [0.2, 0.25) is 10.0 Å². The van der Waals surface area contributed by atoms with Crippen LogP contribution in [0.5, 0.6) is 5.75 Å². The van der Waals surface area contributed by atoms with Gasteiger partial charge in [-0.05, 0) is 61.2 Å². The van der Waals surface area contributed by atoms with E-state index in [1.54, 1.807) is 6.07 Å². The van der Waals surface area contributed by atoms with Crippen molar-refractivity contribution in [3.8, 4) is 5.75 Å². The van der Waals surface area contributed by atoms with Crippen molar-refractivity contribution in [3.05, 3.63) is 59.1 Å². The van der Waals surface area contributed by atoms with E-state index in [2.05, 4.69) is 4.74 Å². The van der Waals surface area contributed by atoms with Crippen LogP contribution in [0.15, 0.2) is 53.4 Å². The van der Waals surface area contributed by atoms with E-state index in [0.717, 1.165) is 6.07 Å². The first-order valence-electron chi connectivity index (χ1n) is 12.9. The quantitative estimate of drug-likeness (QED) is 0.480. The van der Waals surface area contributed by atoms with E-state index in [4.69, 9.17) is 21.4 Å². The molecular weight excluding hydrogens is 575 g/mol. The lowest BCUT2D eigenvalue weighted by atomic mass is 9.93. The molecule has 0 saturated carbocycles. The summed E-state index contributed by atoms with van der Waals surface area (Å²) in [5.41, 5.74) is 0.329. The number of aliphatic hydroxyl groups excluding tert-OH is 1. The second-order valence-corrected chi connectivity index (χ2v) is 11.9. The van der Waals surface area contributed by atoms with E-state index in [-0.39, 0.29) is 18.1 Å². The number of amides is 1. The van der Waals surface area contributed by atoms with Crippen molar-refractivity contribution in [3.63, 3.8) is 0 Å². The van der Waals surface area contributed by atoms with E-state index in [9.17, 15) is 26.4 Å². The Morgan fingerprint density at radius 3 is 2.40 bits per heavy atom. The molecule has 1 amide bonds. The first-order chi connectivity index (χ1) is 19.0. The van der Waals surface area contributed by atoms with Crippen LogP contribution in [0.25, 0.3) is 0 Å². The van der Waals surface area contributed by atoms with Crippen molar-refractivity contribution in [2.45, 2.75) is 42.6 Å². The number of carbonyl (C=O) groups is 1. The Balaban J connectivity index is 1.58. The van der Waals surface area contributed by atoms with Gasteiger partial charge in [-0.15, -0.1) is 13.2 Å². The molecule has 0 aliphatic carbocycles. The molecule has 2 fully saturated rings. The van der Waals surface area contributed by atoms with Crippen LogP contribution in [0.3, 0.4) is 0 Å². The number of β-amino-alcohol motifs (C(OH)–C–C–N with tert-alkyl or cyclic N) is 1. The molecule has 2 aliphatic rings. The van der Waals surface area contributed by atoms with Gasteiger partial charge in [-0.1, -0.05) is 23.7 Å². The van der Waals surface area contributed by atoms with Crippen LogP contribution in [0.4, 0.5) is 18.0 Å². The Hall–Kier alpha value is -2.58. The molecule has 14 heteroatoms. The number of rotatable bonds is 8. The number of aliphatic hydroxyl groups is 1. The number of benzene rings is 2. The molecule has 4 rings (SSSR count). The Kier molecular flexibility index (Phi) is 9.83. The van der Waals surface area contributed by atoms with E-state index in [1.165, 1.54) is 45.6 Å². The third kappa shape index (κ3) is 7.58. The van der Waals surface area contributed by atoms with Crippen LogP contribution < -0.4 is 4.74 Å². The number of carbonyl (C=O) groups excluding carboxylic acids is 1. The third-order valence-electron chi connectivity index (χ3n) is 6.99. The minimum Gasteiger partial charge on any atom is -0.448 e. The van der Waals surface area contributed by atoms with E-state index >= 15 is 0 Å². The highest BCUT2D eigenvalue weighted by Gasteiger charge is 2.42. The molecule has 2 aromatic rings. The topological polar surface area (TPSA) is 99.6 Å². The van der Waals surface area contributed by atoms with Crippen molar-refractivity contribution in [2.24, 2.45) is 0 Å². The van der Waals surface area contributed by atoms with Crippen LogP contribution in [0, 0.1) is 0 Å². The SMILES string of the molecule is O=C(OCC1CCCC(c2cccc(OC(F)(F)F)c2)N1S(=O)(=O)c1ccc(Cl)cc1)N1CCN(CCO)CC1. The highest BCUT2D eigenvalue weighted by Crippen LogP contribution is 2.40. The van der Waals surface area contributed by atoms with E-state index in [0.29, 0.717) is 62.6 Å². The molecule has 2 aliphatic heterocycles. The molecule has 0 radical (unpaired) electrons. The average molecular weight is 606 g/mol. The maximum absolute atomic E-state index is 13.9. The number of nitrogens with zero attached hydrogens (tertiary/aromatic N) is 3. The van der Waals surface area contributed by atoms with Crippen LogP contribution in [0.1, 0.15) is 30.9 Å². The van der Waals surface area contributed by atoms with Gasteiger partial charge in [-0.3, -0.25) is 4.90 Å². The van der Waals surface area contributed by atoms with Crippen molar-refractivity contribution >= 4 is 27.7 Å². The predicted molar refractivity (Wildman–Crippen MR) is 140 cm³/mol. The summed E-state index contributed by atoms with van der Waals surface area (Å²) in [5, 5.41) is 9.46. The smallest absolute Gasteiger partial charge is 0.448 e. The molecule has 2 saturated heterocycles. The van der Waals surface area contributed by atoms with Gasteiger partial charge in [0.15, 0.2) is 0 Å². The highest BCUT2D eigenvalue weighted by molar-refractivity contribution is 7.89. The number of piperazine rings is 1. The first-order valence-corrected chi connectivity index (χ1v) is 14.7. The van der Waals surface area contributed by atoms with Gasteiger partial charge in [-0.2, -0.15) is 4.31 Å². The van der Waals surface area contributed by atoms with Gasteiger partial charge in [0.25, 0.3) is 0 Å². The average Bonchev–Trinajstić information content (AvgIpc) is 2.91. The third-order valence-corrected chi connectivity index (χ3v) is 9.22. The Morgan fingerprint density at radius 1 is 1.05 bits per heavy atom. The van der Waals surface area contributed by atoms with Crippen molar-refractivity contribution in [1.82, 2.24) is 14.1 Å². The molecule has 2 atom stereocenters. The molecule has 9 nitrogen and oxygen atoms in total. The molecule has 0 aromatic heterocycles. The first kappa shape index (κ1) is 30.4. The van der Waals surface area contributed by atoms with E-state index < -0.39 is 40.3 Å². The minimum absolute atomic E-state index is 0.0243. The van der Waals surface area contributed by atoms with Crippen LogP contribution in [-0.2, 0) is 14.8 Å². The lowest BCUT2D eigenvalue weighted by molar-refractivity contribution is -0.274. The highest BCUT2D eigenvalue weighted by atomic mass is 35.5. The van der Waals surface area contributed by atoms with Gasteiger partial charge < -0.3 is 19.5 Å². The van der Waals surface area contributed by atoms with Crippen molar-refractivity contribution in [2.75, 3.05) is 45.9 Å². The summed E-state index contributed by atoms with van der Waals surface area (Å²) in [4.78, 5) is 16.3. The number of halogens is 4. The largest absolute Gasteiger partial charge is 0.573 e. The molecule has 2 aromatic carbocycles. The number of ether oxygens (including phenoxy) is 2.